The van der Waals surface area contributed by atoms with Crippen molar-refractivity contribution in [3.8, 4) is 0 Å². The van der Waals surface area contributed by atoms with Crippen LogP contribution in [0.1, 0.15) is 21.7 Å². The van der Waals surface area contributed by atoms with Crippen molar-refractivity contribution >= 4 is 28.6 Å². The van der Waals surface area contributed by atoms with E-state index in [1.54, 1.807) is 23.9 Å². The summed E-state index contributed by atoms with van der Waals surface area (Å²) in [6, 6.07) is 14.3. The van der Waals surface area contributed by atoms with Crippen LogP contribution >= 0.6 is 11.8 Å². The molecule has 1 aromatic heterocycles. The molecule has 0 atom stereocenters. The largest absolute Gasteiger partial charge is 0.451 e. The Bertz CT molecular complexity index is 859. The van der Waals surface area contributed by atoms with E-state index in [0.29, 0.717) is 35.0 Å². The molecule has 0 aliphatic rings. The highest BCUT2D eigenvalue weighted by Gasteiger charge is 2.16. The van der Waals surface area contributed by atoms with E-state index in [9.17, 15) is 9.18 Å². The number of rotatable bonds is 6. The van der Waals surface area contributed by atoms with Gasteiger partial charge in [-0.3, -0.25) is 4.79 Å². The highest BCUT2D eigenvalue weighted by molar-refractivity contribution is 7.98. The topological polar surface area (TPSA) is 42.2 Å². The lowest BCUT2D eigenvalue weighted by Crippen LogP contribution is -2.25. The number of para-hydroxylation sites is 1. The average molecular weight is 343 g/mol. The molecule has 0 saturated heterocycles. The molecule has 1 heterocycles. The van der Waals surface area contributed by atoms with E-state index in [1.165, 1.54) is 6.07 Å². The van der Waals surface area contributed by atoms with E-state index in [-0.39, 0.29) is 11.7 Å². The van der Waals surface area contributed by atoms with Crippen LogP contribution in [0.25, 0.3) is 11.0 Å². The number of benzene rings is 2. The highest BCUT2D eigenvalue weighted by atomic mass is 32.2. The monoisotopic (exact) mass is 343 g/mol. The second-order valence-corrected chi connectivity index (χ2v) is 6.56. The Labute approximate surface area is 144 Å². The molecule has 2 aromatic carbocycles. The zero-order valence-electron chi connectivity index (χ0n) is 13.3. The standard InChI is InChI=1S/C19H18FNO2S/c1-13-15-7-3-5-9-17(15)23-18(13)19(22)21-10-11-24-12-14-6-2-4-8-16(14)20/h2-9H,10-12H2,1H3,(H,21,22). The van der Waals surface area contributed by atoms with Gasteiger partial charge in [-0.2, -0.15) is 11.8 Å². The molecule has 0 aliphatic heterocycles. The summed E-state index contributed by atoms with van der Waals surface area (Å²) in [5, 5.41) is 3.81. The van der Waals surface area contributed by atoms with Crippen molar-refractivity contribution < 1.29 is 13.6 Å². The van der Waals surface area contributed by atoms with Gasteiger partial charge in [-0.25, -0.2) is 4.39 Å². The van der Waals surface area contributed by atoms with Gasteiger partial charge < -0.3 is 9.73 Å². The zero-order valence-corrected chi connectivity index (χ0v) is 14.2. The van der Waals surface area contributed by atoms with Crippen LogP contribution in [0.5, 0.6) is 0 Å². The van der Waals surface area contributed by atoms with Gasteiger partial charge in [0.05, 0.1) is 0 Å². The fraction of sp³-hybridized carbons (Fsp3) is 0.211. The second-order valence-electron chi connectivity index (χ2n) is 5.45. The van der Waals surface area contributed by atoms with Crippen molar-refractivity contribution in [2.45, 2.75) is 12.7 Å². The smallest absolute Gasteiger partial charge is 0.287 e. The molecule has 0 unspecified atom stereocenters. The van der Waals surface area contributed by atoms with Crippen molar-refractivity contribution in [2.75, 3.05) is 12.3 Å². The Hall–Kier alpha value is -2.27. The van der Waals surface area contributed by atoms with Crippen LogP contribution in [0.4, 0.5) is 4.39 Å². The maximum Gasteiger partial charge on any atom is 0.287 e. The minimum absolute atomic E-state index is 0.188. The Kier molecular flexibility index (Phi) is 5.20. The molecular formula is C19H18FNO2S. The summed E-state index contributed by atoms with van der Waals surface area (Å²) in [6.07, 6.45) is 0. The molecule has 0 fully saturated rings. The molecule has 5 heteroatoms. The third kappa shape index (κ3) is 3.62. The summed E-state index contributed by atoms with van der Waals surface area (Å²) in [5.41, 5.74) is 2.25. The number of fused-ring (bicyclic) bond motifs is 1. The van der Waals surface area contributed by atoms with Crippen LogP contribution in [-0.2, 0) is 5.75 Å². The first-order chi connectivity index (χ1) is 11.7. The Morgan fingerprint density at radius 1 is 1.17 bits per heavy atom. The molecule has 1 amide bonds. The van der Waals surface area contributed by atoms with Gasteiger partial charge in [-0.05, 0) is 24.6 Å². The lowest BCUT2D eigenvalue weighted by molar-refractivity contribution is 0.0930. The van der Waals surface area contributed by atoms with Gasteiger partial charge in [-0.1, -0.05) is 36.4 Å². The molecule has 0 spiro atoms. The van der Waals surface area contributed by atoms with Crippen molar-refractivity contribution in [3.63, 3.8) is 0 Å². The summed E-state index contributed by atoms with van der Waals surface area (Å²) in [4.78, 5) is 12.2. The molecule has 3 nitrogen and oxygen atoms in total. The van der Waals surface area contributed by atoms with E-state index >= 15 is 0 Å². The van der Waals surface area contributed by atoms with Gasteiger partial charge in [0.15, 0.2) is 5.76 Å². The Morgan fingerprint density at radius 3 is 2.71 bits per heavy atom. The Balaban J connectivity index is 1.50. The molecule has 0 bridgehead atoms. The zero-order chi connectivity index (χ0) is 16.9. The number of amides is 1. The highest BCUT2D eigenvalue weighted by Crippen LogP contribution is 2.24. The lowest BCUT2D eigenvalue weighted by atomic mass is 10.1. The number of thioether (sulfide) groups is 1. The van der Waals surface area contributed by atoms with Crippen molar-refractivity contribution in [2.24, 2.45) is 0 Å². The number of furan rings is 1. The average Bonchev–Trinajstić information content (AvgIpc) is 2.93. The van der Waals surface area contributed by atoms with Gasteiger partial charge in [0, 0.05) is 29.0 Å². The maximum atomic E-state index is 13.5. The first-order valence-electron chi connectivity index (χ1n) is 7.74. The normalized spacial score (nSPS) is 10.9. The molecule has 24 heavy (non-hydrogen) atoms. The van der Waals surface area contributed by atoms with E-state index in [1.807, 2.05) is 37.3 Å². The van der Waals surface area contributed by atoms with Crippen molar-refractivity contribution in [3.05, 3.63) is 71.2 Å². The van der Waals surface area contributed by atoms with Crippen LogP contribution in [0.2, 0.25) is 0 Å². The van der Waals surface area contributed by atoms with Crippen LogP contribution in [0, 0.1) is 12.7 Å². The third-order valence-electron chi connectivity index (χ3n) is 3.80. The molecule has 0 saturated carbocycles. The molecule has 3 rings (SSSR count). The van der Waals surface area contributed by atoms with E-state index in [2.05, 4.69) is 5.32 Å². The first kappa shape index (κ1) is 16.6. The molecule has 124 valence electrons. The number of carbonyl (C=O) groups is 1. The summed E-state index contributed by atoms with van der Waals surface area (Å²) < 4.78 is 19.1. The number of halogens is 1. The van der Waals surface area contributed by atoms with Gasteiger partial charge in [0.25, 0.3) is 5.91 Å². The SMILES string of the molecule is Cc1c(C(=O)NCCSCc2ccccc2F)oc2ccccc12. The quantitative estimate of drug-likeness (QED) is 0.668. The summed E-state index contributed by atoms with van der Waals surface area (Å²) in [6.45, 7) is 2.39. The van der Waals surface area contributed by atoms with Crippen molar-refractivity contribution in [1.29, 1.82) is 0 Å². The maximum absolute atomic E-state index is 13.5. The number of hydrogen-bond acceptors (Lipinski definition) is 3. The van der Waals surface area contributed by atoms with Crippen LogP contribution in [-0.4, -0.2) is 18.2 Å². The number of aryl methyl sites for hydroxylation is 1. The summed E-state index contributed by atoms with van der Waals surface area (Å²) in [5.74, 6) is 1.25. The summed E-state index contributed by atoms with van der Waals surface area (Å²) in [7, 11) is 0. The minimum Gasteiger partial charge on any atom is -0.451 e. The lowest BCUT2D eigenvalue weighted by Gasteiger charge is -2.05. The van der Waals surface area contributed by atoms with Crippen molar-refractivity contribution in [1.82, 2.24) is 5.32 Å². The molecule has 0 aliphatic carbocycles. The second kappa shape index (κ2) is 7.53. The molecular weight excluding hydrogens is 325 g/mol. The van der Waals surface area contributed by atoms with Gasteiger partial charge in [0.1, 0.15) is 11.4 Å². The minimum atomic E-state index is -0.213. The van der Waals surface area contributed by atoms with E-state index in [0.717, 1.165) is 10.9 Å². The molecule has 3 aromatic rings. The first-order valence-corrected chi connectivity index (χ1v) is 8.90. The predicted octanol–water partition coefficient (Wildman–Crippen LogP) is 4.54. The van der Waals surface area contributed by atoms with Crippen LogP contribution < -0.4 is 5.32 Å². The van der Waals surface area contributed by atoms with E-state index in [4.69, 9.17) is 4.42 Å². The fourth-order valence-electron chi connectivity index (χ4n) is 2.51. The Morgan fingerprint density at radius 2 is 1.92 bits per heavy atom. The van der Waals surface area contributed by atoms with Crippen LogP contribution in [0.3, 0.4) is 0 Å². The fourth-order valence-corrected chi connectivity index (χ4v) is 3.35. The number of hydrogen-bond donors (Lipinski definition) is 1. The van der Waals surface area contributed by atoms with Gasteiger partial charge >= 0.3 is 0 Å². The number of nitrogens with one attached hydrogen (secondary N) is 1. The van der Waals surface area contributed by atoms with Gasteiger partial charge in [0.2, 0.25) is 0 Å². The molecule has 0 radical (unpaired) electrons. The van der Waals surface area contributed by atoms with Gasteiger partial charge in [-0.15, -0.1) is 0 Å². The predicted molar refractivity (Wildman–Crippen MR) is 95.8 cm³/mol. The third-order valence-corrected chi connectivity index (χ3v) is 4.81. The molecule has 1 N–H and O–H groups in total. The summed E-state index contributed by atoms with van der Waals surface area (Å²) >= 11 is 1.58. The van der Waals surface area contributed by atoms with E-state index < -0.39 is 0 Å². The number of carbonyl (C=O) groups excluding carboxylic acids is 1. The van der Waals surface area contributed by atoms with Crippen LogP contribution in [0.15, 0.2) is 52.9 Å².